The molecule has 0 aromatic heterocycles. The second kappa shape index (κ2) is 9.52. The smallest absolute Gasteiger partial charge is 0.273 e. The summed E-state index contributed by atoms with van der Waals surface area (Å²) in [5, 5.41) is 3.99. The lowest BCUT2D eigenvalue weighted by Crippen LogP contribution is -2.19. The molecular formula is C21H17Br2N3O2. The first-order chi connectivity index (χ1) is 13.5. The number of halogens is 2. The molecule has 5 nitrogen and oxygen atoms in total. The van der Waals surface area contributed by atoms with Crippen molar-refractivity contribution in [2.24, 2.45) is 5.10 Å². The maximum Gasteiger partial charge on any atom is 0.273 e. The molecule has 0 atom stereocenters. The van der Waals surface area contributed by atoms with Crippen LogP contribution in [0.4, 0.5) is 5.69 Å². The van der Waals surface area contributed by atoms with Crippen LogP contribution in [0.1, 0.15) is 21.5 Å². The molecular weight excluding hydrogens is 486 g/mol. The van der Waals surface area contributed by atoms with Crippen LogP contribution in [0.15, 0.2) is 80.8 Å². The molecule has 0 spiro atoms. The molecule has 3 N–H and O–H groups in total. The van der Waals surface area contributed by atoms with E-state index in [1.165, 1.54) is 0 Å². The van der Waals surface area contributed by atoms with Gasteiger partial charge >= 0.3 is 0 Å². The molecule has 0 fully saturated rings. The van der Waals surface area contributed by atoms with Crippen LogP contribution in [0.25, 0.3) is 0 Å². The second-order valence-corrected chi connectivity index (χ2v) is 7.66. The Bertz CT molecular complexity index is 991. The molecule has 0 saturated heterocycles. The molecule has 1 amide bonds. The van der Waals surface area contributed by atoms with Crippen molar-refractivity contribution in [2.75, 3.05) is 5.73 Å². The minimum absolute atomic E-state index is 0.336. The number of hydrogen-bond donors (Lipinski definition) is 2. The summed E-state index contributed by atoms with van der Waals surface area (Å²) in [6.45, 7) is 0.508. The van der Waals surface area contributed by atoms with E-state index in [2.05, 4.69) is 42.4 Å². The van der Waals surface area contributed by atoms with Crippen molar-refractivity contribution in [1.29, 1.82) is 0 Å². The first-order valence-corrected chi connectivity index (χ1v) is 9.96. The van der Waals surface area contributed by atoms with Gasteiger partial charge in [0.25, 0.3) is 5.91 Å². The number of benzene rings is 3. The second-order valence-electron chi connectivity index (χ2n) is 5.89. The molecule has 3 rings (SSSR count). The summed E-state index contributed by atoms with van der Waals surface area (Å²) in [6.07, 6.45) is 1.56. The zero-order valence-electron chi connectivity index (χ0n) is 14.7. The highest BCUT2D eigenvalue weighted by atomic mass is 79.9. The van der Waals surface area contributed by atoms with Crippen LogP contribution < -0.4 is 15.9 Å². The Labute approximate surface area is 179 Å². The quantitative estimate of drug-likeness (QED) is 0.278. The van der Waals surface area contributed by atoms with E-state index in [0.29, 0.717) is 22.3 Å². The van der Waals surface area contributed by atoms with Crippen LogP contribution in [-0.2, 0) is 6.61 Å². The molecule has 7 heteroatoms. The third-order valence-electron chi connectivity index (χ3n) is 3.85. The largest absolute Gasteiger partial charge is 0.489 e. The standard InChI is InChI=1S/C21H17Br2N3O2/c22-16-10-18(20(24)19(23)11-16)21(27)26-25-12-14-6-8-17(9-7-14)28-13-15-4-2-1-3-5-15/h1-12H,13,24H2,(H,26,27). The Kier molecular flexibility index (Phi) is 6.84. The van der Waals surface area contributed by atoms with E-state index in [4.69, 9.17) is 10.5 Å². The molecule has 0 aliphatic carbocycles. The number of nitrogens with zero attached hydrogens (tertiary/aromatic N) is 1. The Balaban J connectivity index is 1.57. The van der Waals surface area contributed by atoms with E-state index in [9.17, 15) is 4.79 Å². The van der Waals surface area contributed by atoms with Gasteiger partial charge in [-0.25, -0.2) is 5.43 Å². The molecule has 3 aromatic carbocycles. The van der Waals surface area contributed by atoms with Gasteiger partial charge in [0.15, 0.2) is 0 Å². The van der Waals surface area contributed by atoms with E-state index in [1.807, 2.05) is 54.6 Å². The predicted octanol–water partition coefficient (Wildman–Crippen LogP) is 5.14. The van der Waals surface area contributed by atoms with E-state index in [1.54, 1.807) is 18.3 Å². The van der Waals surface area contributed by atoms with Gasteiger partial charge in [0.1, 0.15) is 12.4 Å². The minimum Gasteiger partial charge on any atom is -0.489 e. The first-order valence-electron chi connectivity index (χ1n) is 8.37. The number of amides is 1. The van der Waals surface area contributed by atoms with Crippen molar-refractivity contribution in [3.8, 4) is 5.75 Å². The van der Waals surface area contributed by atoms with Crippen LogP contribution in [0.2, 0.25) is 0 Å². The molecule has 0 aliphatic heterocycles. The van der Waals surface area contributed by atoms with Crippen molar-refractivity contribution < 1.29 is 9.53 Å². The van der Waals surface area contributed by atoms with Gasteiger partial charge < -0.3 is 10.5 Å². The fraction of sp³-hybridized carbons (Fsp3) is 0.0476. The van der Waals surface area contributed by atoms with Gasteiger partial charge in [-0.1, -0.05) is 46.3 Å². The molecule has 0 unspecified atom stereocenters. The highest BCUT2D eigenvalue weighted by Crippen LogP contribution is 2.28. The van der Waals surface area contributed by atoms with Crippen LogP contribution in [0.5, 0.6) is 5.75 Å². The number of ether oxygens (including phenoxy) is 1. The van der Waals surface area contributed by atoms with Crippen molar-refractivity contribution >= 4 is 49.7 Å². The number of carbonyl (C=O) groups is 1. The minimum atomic E-state index is -0.390. The van der Waals surface area contributed by atoms with Gasteiger partial charge in [0.2, 0.25) is 0 Å². The Morgan fingerprint density at radius 3 is 2.50 bits per heavy atom. The van der Waals surface area contributed by atoms with Crippen LogP contribution in [0.3, 0.4) is 0 Å². The lowest BCUT2D eigenvalue weighted by Gasteiger charge is -2.07. The zero-order valence-corrected chi connectivity index (χ0v) is 17.9. The summed E-state index contributed by atoms with van der Waals surface area (Å²) in [5.74, 6) is 0.371. The molecule has 28 heavy (non-hydrogen) atoms. The normalized spacial score (nSPS) is 10.8. The van der Waals surface area contributed by atoms with Gasteiger partial charge in [0, 0.05) is 8.95 Å². The monoisotopic (exact) mass is 501 g/mol. The Morgan fingerprint density at radius 2 is 1.79 bits per heavy atom. The molecule has 0 bridgehead atoms. The summed E-state index contributed by atoms with van der Waals surface area (Å²) in [6, 6.07) is 20.8. The number of nitrogens with two attached hydrogens (primary N) is 1. The average molecular weight is 503 g/mol. The average Bonchev–Trinajstić information content (AvgIpc) is 2.70. The third kappa shape index (κ3) is 5.43. The summed E-state index contributed by atoms with van der Waals surface area (Å²) in [4.78, 5) is 12.3. The van der Waals surface area contributed by atoms with E-state index in [-0.39, 0.29) is 0 Å². The van der Waals surface area contributed by atoms with E-state index < -0.39 is 5.91 Å². The SMILES string of the molecule is Nc1c(Br)cc(Br)cc1C(=O)NN=Cc1ccc(OCc2ccccc2)cc1. The van der Waals surface area contributed by atoms with Gasteiger partial charge in [-0.15, -0.1) is 0 Å². The van der Waals surface area contributed by atoms with E-state index in [0.717, 1.165) is 21.3 Å². The van der Waals surface area contributed by atoms with Crippen molar-refractivity contribution in [3.63, 3.8) is 0 Å². The number of hydrogen-bond acceptors (Lipinski definition) is 4. The summed E-state index contributed by atoms with van der Waals surface area (Å²) in [5.41, 5.74) is 11.0. The van der Waals surface area contributed by atoms with Crippen LogP contribution in [-0.4, -0.2) is 12.1 Å². The fourth-order valence-electron chi connectivity index (χ4n) is 2.39. The predicted molar refractivity (Wildman–Crippen MR) is 119 cm³/mol. The van der Waals surface area contributed by atoms with Crippen molar-refractivity contribution in [3.05, 3.63) is 92.4 Å². The highest BCUT2D eigenvalue weighted by molar-refractivity contribution is 9.11. The van der Waals surface area contributed by atoms with Gasteiger partial charge in [0.05, 0.1) is 17.5 Å². The zero-order chi connectivity index (χ0) is 19.9. The van der Waals surface area contributed by atoms with Crippen LogP contribution >= 0.6 is 31.9 Å². The topological polar surface area (TPSA) is 76.7 Å². The maximum atomic E-state index is 12.3. The number of carbonyl (C=O) groups excluding carboxylic acids is 1. The molecule has 0 saturated carbocycles. The molecule has 0 aliphatic rings. The number of rotatable bonds is 6. The number of nitrogens with one attached hydrogen (secondary N) is 1. The maximum absolute atomic E-state index is 12.3. The Morgan fingerprint density at radius 1 is 1.07 bits per heavy atom. The lowest BCUT2D eigenvalue weighted by atomic mass is 10.2. The highest BCUT2D eigenvalue weighted by Gasteiger charge is 2.12. The fourth-order valence-corrected chi connectivity index (χ4v) is 3.61. The molecule has 3 aromatic rings. The third-order valence-corrected chi connectivity index (χ3v) is 4.96. The summed E-state index contributed by atoms with van der Waals surface area (Å²) >= 11 is 6.66. The first kappa shape index (κ1) is 20.1. The molecule has 0 heterocycles. The van der Waals surface area contributed by atoms with Crippen molar-refractivity contribution in [2.45, 2.75) is 6.61 Å². The van der Waals surface area contributed by atoms with Crippen molar-refractivity contribution in [1.82, 2.24) is 5.43 Å². The van der Waals surface area contributed by atoms with Crippen LogP contribution in [0, 0.1) is 0 Å². The van der Waals surface area contributed by atoms with Gasteiger partial charge in [-0.2, -0.15) is 5.10 Å². The summed E-state index contributed by atoms with van der Waals surface area (Å²) in [7, 11) is 0. The van der Waals surface area contributed by atoms with Gasteiger partial charge in [-0.3, -0.25) is 4.79 Å². The number of anilines is 1. The van der Waals surface area contributed by atoms with Gasteiger partial charge in [-0.05, 0) is 63.5 Å². The number of hydrazone groups is 1. The summed E-state index contributed by atoms with van der Waals surface area (Å²) < 4.78 is 7.13. The van der Waals surface area contributed by atoms with E-state index >= 15 is 0 Å². The molecule has 142 valence electrons. The molecule has 0 radical (unpaired) electrons. The number of nitrogen functional groups attached to an aromatic ring is 1. The lowest BCUT2D eigenvalue weighted by molar-refractivity contribution is 0.0956. The Hall–Kier alpha value is -2.64.